The van der Waals surface area contributed by atoms with Crippen molar-refractivity contribution in [2.45, 2.75) is 18.9 Å². The second kappa shape index (κ2) is 8.07. The van der Waals surface area contributed by atoms with Crippen molar-refractivity contribution >= 4 is 23.2 Å². The van der Waals surface area contributed by atoms with Gasteiger partial charge in [-0.15, -0.1) is 0 Å². The van der Waals surface area contributed by atoms with E-state index in [1.54, 1.807) is 6.07 Å². The van der Waals surface area contributed by atoms with Crippen molar-refractivity contribution in [1.82, 2.24) is 10.2 Å². The quantitative estimate of drug-likeness (QED) is 0.819. The molecule has 0 saturated carbocycles. The summed E-state index contributed by atoms with van der Waals surface area (Å²) in [7, 11) is 0. The molecule has 0 bridgehead atoms. The summed E-state index contributed by atoms with van der Waals surface area (Å²) in [4.78, 5) is 2.40. The molecule has 0 aromatic heterocycles. The van der Waals surface area contributed by atoms with Crippen molar-refractivity contribution in [3.8, 4) is 11.1 Å². The summed E-state index contributed by atoms with van der Waals surface area (Å²) in [6.45, 7) is 6.93. The Hall–Kier alpha value is -1.10. The molecule has 0 aliphatic carbocycles. The van der Waals surface area contributed by atoms with E-state index in [-0.39, 0.29) is 0 Å². The van der Waals surface area contributed by atoms with Crippen molar-refractivity contribution < 1.29 is 5.11 Å². The molecule has 2 N–H and O–H groups in total. The maximum atomic E-state index is 10.9. The Bertz CT molecular complexity index is 710. The fourth-order valence-electron chi connectivity index (χ4n) is 3.19. The maximum absolute atomic E-state index is 10.9. The number of nitrogens with one attached hydrogen (secondary N) is 1. The van der Waals surface area contributed by atoms with E-state index in [9.17, 15) is 5.11 Å². The summed E-state index contributed by atoms with van der Waals surface area (Å²) in [6.07, 6.45) is 0.716. The molecule has 1 unspecified atom stereocenters. The lowest BCUT2D eigenvalue weighted by Gasteiger charge is -2.31. The predicted octanol–water partition coefficient (Wildman–Crippen LogP) is 4.16. The zero-order valence-corrected chi connectivity index (χ0v) is 15.9. The Morgan fingerprint density at radius 1 is 1.08 bits per heavy atom. The minimum atomic E-state index is -0.840. The fourth-order valence-corrected chi connectivity index (χ4v) is 3.70. The zero-order chi connectivity index (χ0) is 17.9. The van der Waals surface area contributed by atoms with Gasteiger partial charge in [0.25, 0.3) is 0 Å². The van der Waals surface area contributed by atoms with Gasteiger partial charge in [0.15, 0.2) is 0 Å². The molecular weight excluding hydrogens is 355 g/mol. The van der Waals surface area contributed by atoms with Crippen molar-refractivity contribution in [1.29, 1.82) is 0 Å². The lowest BCUT2D eigenvalue weighted by atomic mass is 9.90. The Kier molecular flexibility index (Phi) is 6.03. The van der Waals surface area contributed by atoms with Crippen LogP contribution in [0.1, 0.15) is 18.9 Å². The van der Waals surface area contributed by atoms with Crippen molar-refractivity contribution in [3.63, 3.8) is 0 Å². The van der Waals surface area contributed by atoms with Gasteiger partial charge in [-0.1, -0.05) is 53.5 Å². The molecule has 1 fully saturated rings. The van der Waals surface area contributed by atoms with Crippen LogP contribution in [0.4, 0.5) is 0 Å². The third kappa shape index (κ3) is 4.75. The third-order valence-electron chi connectivity index (χ3n) is 4.87. The highest BCUT2D eigenvalue weighted by molar-refractivity contribution is 6.36. The molecule has 2 aromatic carbocycles. The number of hydrogen-bond donors (Lipinski definition) is 2. The molecular formula is C20H24Cl2N2O. The van der Waals surface area contributed by atoms with Crippen LogP contribution < -0.4 is 5.32 Å². The molecule has 1 aliphatic rings. The molecule has 1 aliphatic heterocycles. The largest absolute Gasteiger partial charge is 0.385 e. The van der Waals surface area contributed by atoms with E-state index in [2.05, 4.69) is 10.2 Å². The molecule has 0 amide bonds. The summed E-state index contributed by atoms with van der Waals surface area (Å²) < 4.78 is 0. The highest BCUT2D eigenvalue weighted by Crippen LogP contribution is 2.32. The minimum absolute atomic E-state index is 0.626. The van der Waals surface area contributed by atoms with Gasteiger partial charge in [-0.05, 0) is 36.6 Å². The van der Waals surface area contributed by atoms with Gasteiger partial charge < -0.3 is 15.3 Å². The van der Waals surface area contributed by atoms with Crippen LogP contribution in [0.5, 0.6) is 0 Å². The number of rotatable bonds is 5. The average Bonchev–Trinajstić information content (AvgIpc) is 2.61. The van der Waals surface area contributed by atoms with E-state index >= 15 is 0 Å². The van der Waals surface area contributed by atoms with Crippen LogP contribution in [-0.4, -0.2) is 42.7 Å². The van der Waals surface area contributed by atoms with E-state index < -0.39 is 5.60 Å². The highest BCUT2D eigenvalue weighted by Gasteiger charge is 2.24. The SMILES string of the molecule is CC(O)(CCN1CCNCC1)c1ccc(-c2ccc(Cl)cc2Cl)cc1. The Balaban J connectivity index is 1.69. The van der Waals surface area contributed by atoms with E-state index in [0.29, 0.717) is 16.5 Å². The molecule has 1 saturated heterocycles. The van der Waals surface area contributed by atoms with Gasteiger partial charge in [0.05, 0.1) is 5.60 Å². The predicted molar refractivity (Wildman–Crippen MR) is 105 cm³/mol. The third-order valence-corrected chi connectivity index (χ3v) is 5.42. The van der Waals surface area contributed by atoms with E-state index in [0.717, 1.165) is 49.4 Å². The first-order chi connectivity index (χ1) is 12.0. The maximum Gasteiger partial charge on any atom is 0.0880 e. The van der Waals surface area contributed by atoms with Crippen LogP contribution in [0.25, 0.3) is 11.1 Å². The van der Waals surface area contributed by atoms with Crippen molar-refractivity contribution in [2.75, 3.05) is 32.7 Å². The van der Waals surface area contributed by atoms with Gasteiger partial charge >= 0.3 is 0 Å². The Labute approximate surface area is 159 Å². The standard InChI is InChI=1S/C20H24Cl2N2O/c1-20(25,8-11-24-12-9-23-10-13-24)16-4-2-15(3-5-16)18-7-6-17(21)14-19(18)22/h2-7,14,23,25H,8-13H2,1H3. The van der Waals surface area contributed by atoms with E-state index in [4.69, 9.17) is 23.2 Å². The van der Waals surface area contributed by atoms with Crippen LogP contribution in [0, 0.1) is 0 Å². The second-order valence-electron chi connectivity index (χ2n) is 6.82. The first-order valence-corrected chi connectivity index (χ1v) is 9.43. The van der Waals surface area contributed by atoms with E-state index in [1.165, 1.54) is 0 Å². The highest BCUT2D eigenvalue weighted by atomic mass is 35.5. The number of nitrogens with zero attached hydrogens (tertiary/aromatic N) is 1. The number of hydrogen-bond acceptors (Lipinski definition) is 3. The molecule has 1 atom stereocenters. The number of piperazine rings is 1. The molecule has 5 heteroatoms. The lowest BCUT2D eigenvalue weighted by Crippen LogP contribution is -2.45. The molecule has 3 nitrogen and oxygen atoms in total. The Morgan fingerprint density at radius 2 is 1.76 bits per heavy atom. The van der Waals surface area contributed by atoms with Crippen molar-refractivity contribution in [2.24, 2.45) is 0 Å². The molecule has 25 heavy (non-hydrogen) atoms. The summed E-state index contributed by atoms with van der Waals surface area (Å²) in [5.74, 6) is 0. The summed E-state index contributed by atoms with van der Waals surface area (Å²) in [6, 6.07) is 13.5. The first kappa shape index (κ1) is 18.7. The van der Waals surface area contributed by atoms with Crippen LogP contribution in [0.2, 0.25) is 10.0 Å². The van der Waals surface area contributed by atoms with Crippen molar-refractivity contribution in [3.05, 3.63) is 58.1 Å². The fraction of sp³-hybridized carbons (Fsp3) is 0.400. The molecule has 134 valence electrons. The number of halogens is 2. The van der Waals surface area contributed by atoms with Gasteiger partial charge in [0, 0.05) is 48.3 Å². The lowest BCUT2D eigenvalue weighted by molar-refractivity contribution is 0.0345. The summed E-state index contributed by atoms with van der Waals surface area (Å²) in [5.41, 5.74) is 2.05. The average molecular weight is 379 g/mol. The molecule has 0 spiro atoms. The minimum Gasteiger partial charge on any atom is -0.385 e. The van der Waals surface area contributed by atoms with Crippen LogP contribution in [0.3, 0.4) is 0 Å². The van der Waals surface area contributed by atoms with Crippen LogP contribution in [0.15, 0.2) is 42.5 Å². The molecule has 0 radical (unpaired) electrons. The summed E-state index contributed by atoms with van der Waals surface area (Å²) >= 11 is 12.2. The summed E-state index contributed by atoms with van der Waals surface area (Å²) in [5, 5.41) is 15.5. The number of aliphatic hydroxyl groups is 1. The van der Waals surface area contributed by atoms with Gasteiger partial charge in [0.1, 0.15) is 0 Å². The molecule has 1 heterocycles. The number of benzene rings is 2. The monoisotopic (exact) mass is 378 g/mol. The van der Waals surface area contributed by atoms with Gasteiger partial charge in [-0.3, -0.25) is 0 Å². The topological polar surface area (TPSA) is 35.5 Å². The van der Waals surface area contributed by atoms with Gasteiger partial charge in [-0.2, -0.15) is 0 Å². The van der Waals surface area contributed by atoms with Gasteiger partial charge in [0.2, 0.25) is 0 Å². The van der Waals surface area contributed by atoms with E-state index in [1.807, 2.05) is 43.3 Å². The smallest absolute Gasteiger partial charge is 0.0880 e. The van der Waals surface area contributed by atoms with Crippen LogP contribution >= 0.6 is 23.2 Å². The first-order valence-electron chi connectivity index (χ1n) is 8.67. The second-order valence-corrected chi connectivity index (χ2v) is 7.66. The molecule has 3 rings (SSSR count). The zero-order valence-electron chi connectivity index (χ0n) is 14.4. The van der Waals surface area contributed by atoms with Gasteiger partial charge in [-0.25, -0.2) is 0 Å². The Morgan fingerprint density at radius 3 is 2.40 bits per heavy atom. The molecule has 2 aromatic rings. The normalized spacial score (nSPS) is 18.1. The van der Waals surface area contributed by atoms with Crippen LogP contribution in [-0.2, 0) is 5.60 Å².